The molecule has 4 aromatic rings. The molecule has 0 N–H and O–H groups in total. The minimum atomic E-state index is -0.146. The maximum Gasteiger partial charge on any atom is 0.296 e. The Kier molecular flexibility index (Phi) is 5.05. The summed E-state index contributed by atoms with van der Waals surface area (Å²) in [5.74, 6) is 0. The lowest BCUT2D eigenvalue weighted by molar-refractivity contribution is 0.630. The molecule has 2 aromatic carbocycles. The van der Waals surface area contributed by atoms with E-state index in [9.17, 15) is 4.79 Å². The third-order valence-corrected chi connectivity index (χ3v) is 6.39. The first-order valence-electron chi connectivity index (χ1n) is 8.40. The molecule has 0 saturated heterocycles. The quantitative estimate of drug-likeness (QED) is 0.358. The molecule has 0 amide bonds. The number of aromatic nitrogens is 3. The number of hydrogen-bond donors (Lipinski definition) is 0. The summed E-state index contributed by atoms with van der Waals surface area (Å²) in [6, 6.07) is 14.8. The summed E-state index contributed by atoms with van der Waals surface area (Å²) >= 11 is 19.4. The molecule has 0 radical (unpaired) electrons. The van der Waals surface area contributed by atoms with E-state index in [0.717, 1.165) is 22.6 Å². The van der Waals surface area contributed by atoms with E-state index in [4.69, 9.17) is 35.4 Å². The molecular formula is C20H15Cl2N3OS2. The smallest absolute Gasteiger partial charge is 0.285 e. The van der Waals surface area contributed by atoms with Gasteiger partial charge in [0.1, 0.15) is 5.69 Å². The van der Waals surface area contributed by atoms with Gasteiger partial charge in [0.05, 0.1) is 22.1 Å². The van der Waals surface area contributed by atoms with E-state index in [0.29, 0.717) is 19.7 Å². The average molecular weight is 448 g/mol. The molecule has 0 fully saturated rings. The average Bonchev–Trinajstić information content (AvgIpc) is 3.13. The van der Waals surface area contributed by atoms with Gasteiger partial charge in [-0.1, -0.05) is 41.4 Å². The fourth-order valence-electron chi connectivity index (χ4n) is 3.21. The third-order valence-electron chi connectivity index (χ3n) is 4.65. The Labute approximate surface area is 180 Å². The van der Waals surface area contributed by atoms with Crippen LogP contribution in [0, 0.1) is 10.9 Å². The Bertz CT molecular complexity index is 1300. The number of halogens is 2. The van der Waals surface area contributed by atoms with Crippen LogP contribution in [0.5, 0.6) is 0 Å². The van der Waals surface area contributed by atoms with E-state index in [2.05, 4.69) is 0 Å². The minimum Gasteiger partial charge on any atom is -0.285 e. The van der Waals surface area contributed by atoms with Gasteiger partial charge in [-0.05, 0) is 49.5 Å². The molecule has 8 heteroatoms. The van der Waals surface area contributed by atoms with Gasteiger partial charge in [-0.25, -0.2) is 4.68 Å². The first kappa shape index (κ1) is 19.2. The van der Waals surface area contributed by atoms with Crippen molar-refractivity contribution in [3.05, 3.63) is 84.0 Å². The Balaban J connectivity index is 2.01. The Morgan fingerprint density at radius 2 is 1.79 bits per heavy atom. The first-order chi connectivity index (χ1) is 13.4. The summed E-state index contributed by atoms with van der Waals surface area (Å²) in [7, 11) is 1.86. The molecule has 0 aliphatic heterocycles. The summed E-state index contributed by atoms with van der Waals surface area (Å²) < 4.78 is 5.84. The zero-order valence-electron chi connectivity index (χ0n) is 15.0. The van der Waals surface area contributed by atoms with E-state index in [-0.39, 0.29) is 5.56 Å². The standard InChI is InChI=1S/C20H15Cl2N3OS2/c1-12-18(19(26)25(23(12)2)14-6-4-3-5-7-14)24-17(11-28-20(24)27)15-9-8-13(21)10-16(15)22/h3-11H,1-2H3. The molecular weight excluding hydrogens is 433 g/mol. The highest BCUT2D eigenvalue weighted by Crippen LogP contribution is 2.34. The first-order valence-corrected chi connectivity index (χ1v) is 10.4. The molecule has 0 bridgehead atoms. The Morgan fingerprint density at radius 3 is 2.46 bits per heavy atom. The third kappa shape index (κ3) is 3.06. The molecule has 0 aliphatic rings. The van der Waals surface area contributed by atoms with Crippen molar-refractivity contribution in [3.63, 3.8) is 0 Å². The van der Waals surface area contributed by atoms with Crippen molar-refractivity contribution in [2.45, 2.75) is 6.92 Å². The van der Waals surface area contributed by atoms with Gasteiger partial charge in [-0.15, -0.1) is 11.3 Å². The zero-order chi connectivity index (χ0) is 20.0. The number of para-hydroxylation sites is 1. The maximum absolute atomic E-state index is 13.4. The molecule has 142 valence electrons. The van der Waals surface area contributed by atoms with Crippen LogP contribution in [0.4, 0.5) is 0 Å². The summed E-state index contributed by atoms with van der Waals surface area (Å²) in [6.07, 6.45) is 0. The van der Waals surface area contributed by atoms with Crippen LogP contribution in [0.3, 0.4) is 0 Å². The second kappa shape index (κ2) is 7.37. The lowest BCUT2D eigenvalue weighted by Gasteiger charge is -2.09. The van der Waals surface area contributed by atoms with Gasteiger partial charge in [-0.3, -0.25) is 14.0 Å². The molecule has 2 aromatic heterocycles. The fraction of sp³-hybridized carbons (Fsp3) is 0.100. The Morgan fingerprint density at radius 1 is 1.07 bits per heavy atom. The summed E-state index contributed by atoms with van der Waals surface area (Å²) in [4.78, 5) is 13.4. The van der Waals surface area contributed by atoms with Crippen LogP contribution in [0.2, 0.25) is 10.0 Å². The molecule has 0 unspecified atom stereocenters. The maximum atomic E-state index is 13.4. The van der Waals surface area contributed by atoms with Crippen LogP contribution in [0.25, 0.3) is 22.6 Å². The van der Waals surface area contributed by atoms with Crippen molar-refractivity contribution in [3.8, 4) is 22.6 Å². The van der Waals surface area contributed by atoms with Crippen LogP contribution < -0.4 is 5.56 Å². The number of benzene rings is 2. The lowest BCUT2D eigenvalue weighted by atomic mass is 10.1. The highest BCUT2D eigenvalue weighted by atomic mass is 35.5. The highest BCUT2D eigenvalue weighted by molar-refractivity contribution is 7.73. The normalized spacial score (nSPS) is 11.1. The van der Waals surface area contributed by atoms with E-state index >= 15 is 0 Å². The van der Waals surface area contributed by atoms with Crippen molar-refractivity contribution in [1.29, 1.82) is 0 Å². The molecule has 28 heavy (non-hydrogen) atoms. The van der Waals surface area contributed by atoms with Crippen molar-refractivity contribution >= 4 is 46.8 Å². The zero-order valence-corrected chi connectivity index (χ0v) is 18.2. The van der Waals surface area contributed by atoms with Gasteiger partial charge in [0, 0.05) is 23.0 Å². The van der Waals surface area contributed by atoms with Gasteiger partial charge in [0.15, 0.2) is 3.95 Å². The van der Waals surface area contributed by atoms with Gasteiger partial charge in [0.2, 0.25) is 0 Å². The second-order valence-corrected chi connectivity index (χ2v) is 8.60. The SMILES string of the molecule is Cc1c(-n2c(-c3ccc(Cl)cc3Cl)csc2=S)c(=O)n(-c2ccccc2)n1C. The van der Waals surface area contributed by atoms with Crippen molar-refractivity contribution in [1.82, 2.24) is 13.9 Å². The fourth-order valence-corrected chi connectivity index (χ4v) is 4.79. The molecule has 0 saturated carbocycles. The minimum absolute atomic E-state index is 0.146. The molecule has 2 heterocycles. The van der Waals surface area contributed by atoms with Gasteiger partial charge in [-0.2, -0.15) is 0 Å². The predicted molar refractivity (Wildman–Crippen MR) is 119 cm³/mol. The van der Waals surface area contributed by atoms with Crippen molar-refractivity contribution < 1.29 is 0 Å². The molecule has 4 rings (SSSR count). The molecule has 0 spiro atoms. The van der Waals surface area contributed by atoms with E-state index in [1.165, 1.54) is 11.3 Å². The largest absolute Gasteiger partial charge is 0.296 e. The van der Waals surface area contributed by atoms with Crippen LogP contribution in [0.1, 0.15) is 5.69 Å². The monoisotopic (exact) mass is 447 g/mol. The topological polar surface area (TPSA) is 31.9 Å². The van der Waals surface area contributed by atoms with E-state index in [1.807, 2.05) is 60.4 Å². The number of rotatable bonds is 3. The van der Waals surface area contributed by atoms with Gasteiger partial charge >= 0.3 is 0 Å². The highest BCUT2D eigenvalue weighted by Gasteiger charge is 2.22. The van der Waals surface area contributed by atoms with E-state index < -0.39 is 0 Å². The van der Waals surface area contributed by atoms with E-state index in [1.54, 1.807) is 21.4 Å². The molecule has 0 atom stereocenters. The number of thiazole rings is 1. The predicted octanol–water partition coefficient (Wildman–Crippen LogP) is 6.04. The van der Waals surface area contributed by atoms with Crippen LogP contribution in [-0.4, -0.2) is 13.9 Å². The number of nitrogens with zero attached hydrogens (tertiary/aromatic N) is 3. The van der Waals surface area contributed by atoms with Gasteiger partial charge in [0.25, 0.3) is 5.56 Å². The Hall–Kier alpha value is -2.12. The van der Waals surface area contributed by atoms with Crippen LogP contribution >= 0.6 is 46.8 Å². The molecule has 4 nitrogen and oxygen atoms in total. The van der Waals surface area contributed by atoms with Gasteiger partial charge < -0.3 is 0 Å². The van der Waals surface area contributed by atoms with Crippen molar-refractivity contribution in [2.24, 2.45) is 7.05 Å². The summed E-state index contributed by atoms with van der Waals surface area (Å²) in [5, 5.41) is 2.97. The van der Waals surface area contributed by atoms with Crippen LogP contribution in [-0.2, 0) is 7.05 Å². The summed E-state index contributed by atoms with van der Waals surface area (Å²) in [6.45, 7) is 1.91. The molecule has 0 aliphatic carbocycles. The van der Waals surface area contributed by atoms with Crippen molar-refractivity contribution in [2.75, 3.05) is 0 Å². The summed E-state index contributed by atoms with van der Waals surface area (Å²) in [5.41, 5.74) is 3.49. The second-order valence-electron chi connectivity index (χ2n) is 6.26. The lowest BCUT2D eigenvalue weighted by Crippen LogP contribution is -2.21. The number of hydrogen-bond acceptors (Lipinski definition) is 3. The van der Waals surface area contributed by atoms with Crippen LogP contribution in [0.15, 0.2) is 58.7 Å².